The molecule has 0 atom stereocenters. The maximum absolute atomic E-state index is 4.37. The predicted octanol–water partition coefficient (Wildman–Crippen LogP) is 2.12. The van der Waals surface area contributed by atoms with E-state index in [4.69, 9.17) is 0 Å². The molecule has 1 aliphatic carbocycles. The van der Waals surface area contributed by atoms with Crippen molar-refractivity contribution in [3.63, 3.8) is 0 Å². The highest BCUT2D eigenvalue weighted by Crippen LogP contribution is 2.48. The molecule has 0 bridgehead atoms. The molecule has 0 amide bonds. The van der Waals surface area contributed by atoms with E-state index in [0.29, 0.717) is 5.41 Å². The van der Waals surface area contributed by atoms with Crippen molar-refractivity contribution in [2.75, 3.05) is 24.2 Å². The van der Waals surface area contributed by atoms with Gasteiger partial charge in [0.1, 0.15) is 11.6 Å². The summed E-state index contributed by atoms with van der Waals surface area (Å²) < 4.78 is 0. The van der Waals surface area contributed by atoms with Gasteiger partial charge in [-0.15, -0.1) is 0 Å². The van der Waals surface area contributed by atoms with Crippen molar-refractivity contribution in [3.8, 4) is 0 Å². The summed E-state index contributed by atoms with van der Waals surface area (Å²) in [7, 11) is 1.85. The summed E-state index contributed by atoms with van der Waals surface area (Å²) in [6.45, 7) is 3.27. The van der Waals surface area contributed by atoms with E-state index in [9.17, 15) is 0 Å². The Morgan fingerprint density at radius 2 is 2.07 bits per heavy atom. The van der Waals surface area contributed by atoms with Crippen LogP contribution in [0.25, 0.3) is 0 Å². The van der Waals surface area contributed by atoms with Crippen molar-refractivity contribution in [1.29, 1.82) is 0 Å². The summed E-state index contributed by atoms with van der Waals surface area (Å²) in [5, 5.41) is 6.34. The van der Waals surface area contributed by atoms with Gasteiger partial charge < -0.3 is 10.6 Å². The van der Waals surface area contributed by atoms with E-state index in [1.54, 1.807) is 12.4 Å². The molecule has 1 fully saturated rings. The Kier molecular flexibility index (Phi) is 2.75. The van der Waals surface area contributed by atoms with Gasteiger partial charge in [-0.2, -0.15) is 0 Å². The van der Waals surface area contributed by atoms with E-state index >= 15 is 0 Å². The zero-order chi connectivity index (χ0) is 10.7. The van der Waals surface area contributed by atoms with E-state index in [2.05, 4.69) is 27.5 Å². The SMILES string of the molecule is CCC1(CNc2cncc(NC)n2)CC1. The Hall–Kier alpha value is -1.32. The molecule has 0 spiro atoms. The van der Waals surface area contributed by atoms with Gasteiger partial charge in [0.2, 0.25) is 0 Å². The van der Waals surface area contributed by atoms with Crippen LogP contribution in [0, 0.1) is 5.41 Å². The Balaban J connectivity index is 1.93. The third-order valence-electron chi connectivity index (χ3n) is 3.24. The number of rotatable bonds is 5. The van der Waals surface area contributed by atoms with E-state index < -0.39 is 0 Å². The summed E-state index contributed by atoms with van der Waals surface area (Å²) >= 11 is 0. The lowest BCUT2D eigenvalue weighted by Gasteiger charge is -2.13. The summed E-state index contributed by atoms with van der Waals surface area (Å²) in [4.78, 5) is 8.49. The fourth-order valence-corrected chi connectivity index (χ4v) is 1.68. The molecule has 82 valence electrons. The first kappa shape index (κ1) is 10.2. The highest BCUT2D eigenvalue weighted by Gasteiger charge is 2.40. The molecule has 0 aliphatic heterocycles. The molecule has 15 heavy (non-hydrogen) atoms. The predicted molar refractivity (Wildman–Crippen MR) is 62.0 cm³/mol. The average Bonchev–Trinajstić information content (AvgIpc) is 3.07. The molecule has 2 N–H and O–H groups in total. The van der Waals surface area contributed by atoms with Gasteiger partial charge in [0.05, 0.1) is 12.4 Å². The van der Waals surface area contributed by atoms with Crippen LogP contribution < -0.4 is 10.6 Å². The largest absolute Gasteiger partial charge is 0.372 e. The number of aromatic nitrogens is 2. The Labute approximate surface area is 90.5 Å². The summed E-state index contributed by atoms with van der Waals surface area (Å²) in [5.74, 6) is 1.67. The van der Waals surface area contributed by atoms with Crippen molar-refractivity contribution in [2.45, 2.75) is 26.2 Å². The minimum atomic E-state index is 0.539. The van der Waals surface area contributed by atoms with Crippen molar-refractivity contribution < 1.29 is 0 Å². The molecular weight excluding hydrogens is 188 g/mol. The van der Waals surface area contributed by atoms with Crippen LogP contribution in [0.5, 0.6) is 0 Å². The monoisotopic (exact) mass is 206 g/mol. The van der Waals surface area contributed by atoms with Crippen LogP contribution >= 0.6 is 0 Å². The molecule has 0 unspecified atom stereocenters. The molecule has 1 aliphatic rings. The number of hydrogen-bond acceptors (Lipinski definition) is 4. The molecule has 0 aromatic carbocycles. The van der Waals surface area contributed by atoms with Gasteiger partial charge >= 0.3 is 0 Å². The summed E-state index contributed by atoms with van der Waals surface area (Å²) in [5.41, 5.74) is 0.539. The van der Waals surface area contributed by atoms with Crippen LogP contribution in [0.2, 0.25) is 0 Å². The highest BCUT2D eigenvalue weighted by molar-refractivity contribution is 5.41. The lowest BCUT2D eigenvalue weighted by molar-refractivity contribution is 0.520. The second-order valence-electron chi connectivity index (χ2n) is 4.25. The average molecular weight is 206 g/mol. The van der Waals surface area contributed by atoms with E-state index in [1.807, 2.05) is 7.05 Å². The van der Waals surface area contributed by atoms with Crippen LogP contribution in [0.3, 0.4) is 0 Å². The van der Waals surface area contributed by atoms with Crippen LogP contribution in [0.4, 0.5) is 11.6 Å². The molecular formula is C11H18N4. The topological polar surface area (TPSA) is 49.8 Å². The van der Waals surface area contributed by atoms with Gasteiger partial charge in [-0.05, 0) is 24.7 Å². The van der Waals surface area contributed by atoms with Crippen LogP contribution in [-0.4, -0.2) is 23.6 Å². The zero-order valence-electron chi connectivity index (χ0n) is 9.38. The Morgan fingerprint density at radius 3 is 2.67 bits per heavy atom. The van der Waals surface area contributed by atoms with Gasteiger partial charge in [-0.1, -0.05) is 6.92 Å². The van der Waals surface area contributed by atoms with Gasteiger partial charge in [0, 0.05) is 13.6 Å². The maximum Gasteiger partial charge on any atom is 0.146 e. The van der Waals surface area contributed by atoms with Crippen LogP contribution in [0.1, 0.15) is 26.2 Å². The smallest absolute Gasteiger partial charge is 0.146 e. The van der Waals surface area contributed by atoms with E-state index in [1.165, 1.54) is 19.3 Å². The summed E-state index contributed by atoms with van der Waals surface area (Å²) in [6, 6.07) is 0. The third kappa shape index (κ3) is 2.37. The van der Waals surface area contributed by atoms with Crippen LogP contribution in [0.15, 0.2) is 12.4 Å². The molecule has 0 saturated heterocycles. The number of nitrogens with zero attached hydrogens (tertiary/aromatic N) is 2. The first-order chi connectivity index (χ1) is 7.28. The van der Waals surface area contributed by atoms with E-state index in [0.717, 1.165) is 18.2 Å². The standard InChI is InChI=1S/C11H18N4/c1-3-11(4-5-11)8-14-10-7-13-6-9(12-2)15-10/h6-7H,3-5,8H2,1-2H3,(H2,12,14,15). The molecule has 2 rings (SSSR count). The first-order valence-corrected chi connectivity index (χ1v) is 5.52. The van der Waals surface area contributed by atoms with Crippen LogP contribution in [-0.2, 0) is 0 Å². The van der Waals surface area contributed by atoms with Gasteiger partial charge in [0.25, 0.3) is 0 Å². The molecule has 4 heteroatoms. The molecule has 1 aromatic heterocycles. The van der Waals surface area contributed by atoms with Crippen molar-refractivity contribution in [1.82, 2.24) is 9.97 Å². The normalized spacial score (nSPS) is 17.2. The van der Waals surface area contributed by atoms with Gasteiger partial charge in [-0.25, -0.2) is 4.98 Å². The second kappa shape index (κ2) is 4.04. The molecule has 0 radical (unpaired) electrons. The zero-order valence-corrected chi connectivity index (χ0v) is 9.38. The van der Waals surface area contributed by atoms with Crippen molar-refractivity contribution >= 4 is 11.6 Å². The number of anilines is 2. The van der Waals surface area contributed by atoms with Crippen molar-refractivity contribution in [2.24, 2.45) is 5.41 Å². The lowest BCUT2D eigenvalue weighted by atomic mass is 10.0. The highest BCUT2D eigenvalue weighted by atomic mass is 15.1. The third-order valence-corrected chi connectivity index (χ3v) is 3.24. The summed E-state index contributed by atoms with van der Waals surface area (Å²) in [6.07, 6.45) is 7.43. The number of hydrogen-bond donors (Lipinski definition) is 2. The van der Waals surface area contributed by atoms with Gasteiger partial charge in [-0.3, -0.25) is 4.98 Å². The van der Waals surface area contributed by atoms with Gasteiger partial charge in [0.15, 0.2) is 0 Å². The Morgan fingerprint density at radius 1 is 1.33 bits per heavy atom. The minimum Gasteiger partial charge on any atom is -0.372 e. The van der Waals surface area contributed by atoms with Crippen molar-refractivity contribution in [3.05, 3.63) is 12.4 Å². The lowest BCUT2D eigenvalue weighted by Crippen LogP contribution is -2.15. The molecule has 1 saturated carbocycles. The quantitative estimate of drug-likeness (QED) is 0.774. The molecule has 4 nitrogen and oxygen atoms in total. The fraction of sp³-hybridized carbons (Fsp3) is 0.636. The maximum atomic E-state index is 4.37. The fourth-order valence-electron chi connectivity index (χ4n) is 1.68. The first-order valence-electron chi connectivity index (χ1n) is 5.52. The molecule has 1 aromatic rings. The van der Waals surface area contributed by atoms with E-state index in [-0.39, 0.29) is 0 Å². The molecule has 1 heterocycles. The number of nitrogens with one attached hydrogen (secondary N) is 2. The second-order valence-corrected chi connectivity index (χ2v) is 4.25. The minimum absolute atomic E-state index is 0.539. The Bertz CT molecular complexity index is 333.